The fourth-order valence-electron chi connectivity index (χ4n) is 11.8. The second-order valence-electron chi connectivity index (χ2n) is 18.8. The van der Waals surface area contributed by atoms with Crippen LogP contribution < -0.4 is 4.90 Å². The van der Waals surface area contributed by atoms with Crippen LogP contribution in [-0.2, 0) is 11.8 Å². The Kier molecular flexibility index (Phi) is 7.83. The fraction of sp³-hybridized carbons (Fsp3) is 0.0625. The second kappa shape index (κ2) is 13.9. The van der Waals surface area contributed by atoms with Crippen LogP contribution in [0.25, 0.3) is 94.3 Å². The van der Waals surface area contributed by atoms with Gasteiger partial charge in [-0.2, -0.15) is 0 Å². The molecule has 1 aromatic heterocycles. The molecule has 0 fully saturated rings. The number of nitrogens with zero attached hydrogens (tertiary/aromatic N) is 2. The number of fused-ring (bicyclic) bond motifs is 14. The van der Waals surface area contributed by atoms with Crippen LogP contribution in [0.5, 0.6) is 0 Å². The van der Waals surface area contributed by atoms with Crippen LogP contribution in [0.2, 0.25) is 0 Å². The zero-order valence-electron chi connectivity index (χ0n) is 36.9. The summed E-state index contributed by atoms with van der Waals surface area (Å²) in [4.78, 5) is 2.51. The van der Waals surface area contributed by atoms with Crippen molar-refractivity contribution in [2.24, 2.45) is 0 Å². The molecule has 0 bridgehead atoms. The van der Waals surface area contributed by atoms with E-state index in [1.54, 1.807) is 0 Å². The van der Waals surface area contributed by atoms with Crippen LogP contribution in [0.4, 0.5) is 17.1 Å². The van der Waals surface area contributed by atoms with Crippen molar-refractivity contribution >= 4 is 38.9 Å². The van der Waals surface area contributed by atoms with Crippen molar-refractivity contribution in [1.29, 1.82) is 0 Å². The van der Waals surface area contributed by atoms with E-state index < -0.39 is 0 Å². The van der Waals surface area contributed by atoms with Crippen molar-refractivity contribution in [1.82, 2.24) is 4.57 Å². The summed E-state index contributed by atoms with van der Waals surface area (Å²) in [6.07, 6.45) is 0.947. The Bertz CT molecular complexity index is 3810. The van der Waals surface area contributed by atoms with E-state index in [1.807, 2.05) is 0 Å². The smallest absolute Gasteiger partial charge is 0.0620 e. The third-order valence-electron chi connectivity index (χ3n) is 14.9. The molecule has 2 aliphatic carbocycles. The molecular formula is C64H44N2. The number of hydrogen-bond acceptors (Lipinski definition) is 1. The fourth-order valence-corrected chi connectivity index (χ4v) is 11.8. The molecule has 0 N–H and O–H groups in total. The molecule has 3 aliphatic rings. The molecule has 10 aromatic carbocycles. The second-order valence-corrected chi connectivity index (χ2v) is 18.8. The number of benzene rings is 10. The number of anilines is 3. The molecule has 0 saturated heterocycles. The van der Waals surface area contributed by atoms with Gasteiger partial charge in [0.1, 0.15) is 0 Å². The van der Waals surface area contributed by atoms with Gasteiger partial charge in [0.15, 0.2) is 0 Å². The van der Waals surface area contributed by atoms with Crippen molar-refractivity contribution in [2.45, 2.75) is 25.7 Å². The molecular weight excluding hydrogens is 797 g/mol. The zero-order chi connectivity index (χ0) is 43.7. The van der Waals surface area contributed by atoms with Gasteiger partial charge in [-0.15, -0.1) is 0 Å². The molecule has 0 atom stereocenters. The topological polar surface area (TPSA) is 8.17 Å². The first-order valence-electron chi connectivity index (χ1n) is 23.2. The molecule has 2 nitrogen and oxygen atoms in total. The molecule has 0 saturated carbocycles. The first kappa shape index (κ1) is 37.2. The van der Waals surface area contributed by atoms with Crippen LogP contribution in [0.1, 0.15) is 36.1 Å². The third kappa shape index (κ3) is 5.30. The lowest BCUT2D eigenvalue weighted by Crippen LogP contribution is -2.17. The molecule has 66 heavy (non-hydrogen) atoms. The van der Waals surface area contributed by atoms with Gasteiger partial charge in [-0.25, -0.2) is 0 Å². The molecule has 2 heteroatoms. The Morgan fingerprint density at radius 1 is 0.394 bits per heavy atom. The van der Waals surface area contributed by atoms with Gasteiger partial charge in [-0.3, -0.25) is 0 Å². The van der Waals surface area contributed by atoms with Gasteiger partial charge in [-0.1, -0.05) is 172 Å². The van der Waals surface area contributed by atoms with Gasteiger partial charge in [0.2, 0.25) is 0 Å². The predicted octanol–water partition coefficient (Wildman–Crippen LogP) is 17.1. The number of rotatable bonds is 5. The summed E-state index contributed by atoms with van der Waals surface area (Å²) in [5.41, 5.74) is 27.7. The van der Waals surface area contributed by atoms with E-state index >= 15 is 0 Å². The quantitative estimate of drug-likeness (QED) is 0.168. The van der Waals surface area contributed by atoms with Crippen molar-refractivity contribution in [2.75, 3.05) is 4.90 Å². The minimum atomic E-state index is -0.117. The summed E-state index contributed by atoms with van der Waals surface area (Å²) in [5.74, 6) is 0. The number of para-hydroxylation sites is 1. The molecule has 0 amide bonds. The molecule has 310 valence electrons. The van der Waals surface area contributed by atoms with Crippen LogP contribution in [0.3, 0.4) is 0 Å². The highest BCUT2D eigenvalue weighted by molar-refractivity contribution is 6.18. The average molecular weight is 841 g/mol. The SMILES string of the molecule is CC1(C)c2ccccc2-c2ccc(N(c3ccc(-c4cc5c6c(c4)c4ccccc4n6-c4ccc(-c6ccccc6)cc4-c4ccccc4-5)cc3)c3cccc4c3-c3ccccc3C4)cc21. The summed E-state index contributed by atoms with van der Waals surface area (Å²) in [6.45, 7) is 4.75. The summed E-state index contributed by atoms with van der Waals surface area (Å²) in [7, 11) is 0. The molecule has 0 unspecified atom stereocenters. The lowest BCUT2D eigenvalue weighted by molar-refractivity contribution is 0.660. The Labute approximate surface area is 385 Å². The van der Waals surface area contributed by atoms with E-state index in [-0.39, 0.29) is 5.41 Å². The third-order valence-corrected chi connectivity index (χ3v) is 14.9. The van der Waals surface area contributed by atoms with Crippen molar-refractivity contribution < 1.29 is 0 Å². The van der Waals surface area contributed by atoms with E-state index in [0.717, 1.165) is 12.1 Å². The van der Waals surface area contributed by atoms with E-state index in [2.05, 4.69) is 242 Å². The maximum Gasteiger partial charge on any atom is 0.0620 e. The summed E-state index contributed by atoms with van der Waals surface area (Å²) in [5, 5.41) is 2.52. The van der Waals surface area contributed by atoms with E-state index in [4.69, 9.17) is 0 Å². The van der Waals surface area contributed by atoms with Crippen LogP contribution in [0, 0.1) is 0 Å². The highest BCUT2D eigenvalue weighted by atomic mass is 15.1. The summed E-state index contributed by atoms with van der Waals surface area (Å²) in [6, 6.07) is 81.8. The van der Waals surface area contributed by atoms with Gasteiger partial charge in [-0.05, 0) is 139 Å². The van der Waals surface area contributed by atoms with Gasteiger partial charge in [0.25, 0.3) is 0 Å². The van der Waals surface area contributed by atoms with E-state index in [9.17, 15) is 0 Å². The Balaban J connectivity index is 0.949. The monoisotopic (exact) mass is 840 g/mol. The molecule has 14 rings (SSSR count). The van der Waals surface area contributed by atoms with Crippen LogP contribution >= 0.6 is 0 Å². The van der Waals surface area contributed by atoms with Gasteiger partial charge in [0.05, 0.1) is 22.4 Å². The summed E-state index contributed by atoms with van der Waals surface area (Å²) < 4.78 is 2.52. The molecule has 0 radical (unpaired) electrons. The number of hydrogen-bond donors (Lipinski definition) is 0. The Morgan fingerprint density at radius 3 is 1.88 bits per heavy atom. The molecule has 1 aliphatic heterocycles. The van der Waals surface area contributed by atoms with Crippen molar-refractivity contribution in [3.05, 3.63) is 241 Å². The van der Waals surface area contributed by atoms with Crippen molar-refractivity contribution in [3.63, 3.8) is 0 Å². The Morgan fingerprint density at radius 2 is 1.03 bits per heavy atom. The van der Waals surface area contributed by atoms with E-state index in [1.165, 1.54) is 128 Å². The van der Waals surface area contributed by atoms with E-state index in [0.29, 0.717) is 0 Å². The van der Waals surface area contributed by atoms with Crippen LogP contribution in [-0.4, -0.2) is 4.57 Å². The van der Waals surface area contributed by atoms with Crippen molar-refractivity contribution in [3.8, 4) is 72.4 Å². The molecule has 0 spiro atoms. The predicted molar refractivity (Wildman–Crippen MR) is 277 cm³/mol. The van der Waals surface area contributed by atoms with Gasteiger partial charge < -0.3 is 9.47 Å². The minimum absolute atomic E-state index is 0.117. The Hall–Kier alpha value is -8.20. The largest absolute Gasteiger partial charge is 0.310 e. The highest BCUT2D eigenvalue weighted by Crippen LogP contribution is 2.53. The maximum atomic E-state index is 2.52. The summed E-state index contributed by atoms with van der Waals surface area (Å²) >= 11 is 0. The van der Waals surface area contributed by atoms with Gasteiger partial charge in [0, 0.05) is 44.3 Å². The highest BCUT2D eigenvalue weighted by Gasteiger charge is 2.36. The first-order chi connectivity index (χ1) is 32.5. The van der Waals surface area contributed by atoms with Crippen LogP contribution in [0.15, 0.2) is 218 Å². The zero-order valence-corrected chi connectivity index (χ0v) is 36.9. The lowest BCUT2D eigenvalue weighted by Gasteiger charge is -2.30. The number of aromatic nitrogens is 1. The maximum absolute atomic E-state index is 2.52. The minimum Gasteiger partial charge on any atom is -0.310 e. The van der Waals surface area contributed by atoms with Gasteiger partial charge >= 0.3 is 0 Å². The standard InChI is InChI=1S/C64H44N2/c1-64(2)57-24-12-10-22-51(57)52-33-32-47(39-58(52)64)65(61-26-14-18-44-35-43-17-6-7-19-48(43)62(44)61)46-30-27-41(28-31-46)45-37-55-50-21-9-8-20-49(50)54-36-42(40-15-4-3-5-16-40)29-34-60(54)66-59-25-13-11-23-53(59)56(38-45)63(55)66/h3-34,36-39H,35H2,1-2H3. The lowest BCUT2D eigenvalue weighted by atomic mass is 9.82. The average Bonchev–Trinajstić information content (AvgIpc) is 3.97. The normalized spacial score (nSPS) is 13.4. The first-order valence-corrected chi connectivity index (χ1v) is 23.2. The molecule has 2 heterocycles. The molecule has 11 aromatic rings.